The van der Waals surface area contributed by atoms with Crippen LogP contribution in [-0.2, 0) is 16.1 Å². The summed E-state index contributed by atoms with van der Waals surface area (Å²) < 4.78 is 23.1. The minimum atomic E-state index is -0.533. The molecule has 0 aromatic heterocycles. The maximum Gasteiger partial charge on any atom is 0.343 e. The van der Waals surface area contributed by atoms with Gasteiger partial charge in [0.2, 0.25) is 0 Å². The van der Waals surface area contributed by atoms with Crippen molar-refractivity contribution in [3.8, 4) is 5.75 Å². The standard InChI is InChI=1S/C13H16FNO3/c1-17-13(16)8-18-12-5-2-9(6-11(12)14)7-15-10-3-4-10/h2,5-6,10,15H,3-4,7-8H2,1H3. The molecule has 1 aliphatic rings. The molecule has 98 valence electrons. The molecule has 1 aliphatic carbocycles. The van der Waals surface area contributed by atoms with Gasteiger partial charge < -0.3 is 14.8 Å². The molecule has 1 saturated carbocycles. The van der Waals surface area contributed by atoms with Crippen LogP contribution in [0.4, 0.5) is 4.39 Å². The molecule has 18 heavy (non-hydrogen) atoms. The number of hydrogen-bond acceptors (Lipinski definition) is 4. The molecule has 0 spiro atoms. The second kappa shape index (κ2) is 5.82. The number of methoxy groups -OCH3 is 1. The van der Waals surface area contributed by atoms with Gasteiger partial charge in [0.15, 0.2) is 18.2 Å². The Balaban J connectivity index is 1.89. The first-order chi connectivity index (χ1) is 8.69. The molecule has 0 unspecified atom stereocenters. The molecule has 1 N–H and O–H groups in total. The summed E-state index contributed by atoms with van der Waals surface area (Å²) in [6.45, 7) is 0.367. The molecule has 1 aromatic carbocycles. The zero-order valence-corrected chi connectivity index (χ0v) is 10.2. The third-order valence-electron chi connectivity index (χ3n) is 2.74. The zero-order valence-electron chi connectivity index (χ0n) is 10.2. The Bertz CT molecular complexity index is 432. The molecule has 0 bridgehead atoms. The van der Waals surface area contributed by atoms with Gasteiger partial charge >= 0.3 is 5.97 Å². The van der Waals surface area contributed by atoms with Crippen molar-refractivity contribution in [2.24, 2.45) is 0 Å². The number of esters is 1. The highest BCUT2D eigenvalue weighted by molar-refractivity contribution is 5.70. The summed E-state index contributed by atoms with van der Waals surface area (Å²) in [5.74, 6) is -0.932. The van der Waals surface area contributed by atoms with E-state index in [0.29, 0.717) is 12.6 Å². The fourth-order valence-electron chi connectivity index (χ4n) is 1.52. The first kappa shape index (κ1) is 12.8. The summed E-state index contributed by atoms with van der Waals surface area (Å²) in [4.78, 5) is 10.9. The summed E-state index contributed by atoms with van der Waals surface area (Å²) in [5.41, 5.74) is 0.866. The third kappa shape index (κ3) is 3.70. The Morgan fingerprint density at radius 3 is 2.89 bits per heavy atom. The predicted molar refractivity (Wildman–Crippen MR) is 63.8 cm³/mol. The lowest BCUT2D eigenvalue weighted by atomic mass is 10.2. The van der Waals surface area contributed by atoms with E-state index in [4.69, 9.17) is 4.74 Å². The average Bonchev–Trinajstić information content (AvgIpc) is 3.18. The Labute approximate surface area is 105 Å². The number of nitrogens with one attached hydrogen (secondary N) is 1. The second-order valence-electron chi connectivity index (χ2n) is 4.28. The van der Waals surface area contributed by atoms with Crippen LogP contribution in [0.25, 0.3) is 0 Å². The number of benzene rings is 1. The Kier molecular flexibility index (Phi) is 4.15. The molecule has 2 rings (SSSR count). The van der Waals surface area contributed by atoms with E-state index in [1.54, 1.807) is 6.07 Å². The number of carbonyl (C=O) groups is 1. The minimum Gasteiger partial charge on any atom is -0.479 e. The maximum absolute atomic E-state index is 13.6. The Hall–Kier alpha value is -1.62. The highest BCUT2D eigenvalue weighted by atomic mass is 19.1. The van der Waals surface area contributed by atoms with Gasteiger partial charge in [-0.1, -0.05) is 6.07 Å². The van der Waals surface area contributed by atoms with Gasteiger partial charge in [0, 0.05) is 12.6 Å². The molecule has 0 aliphatic heterocycles. The third-order valence-corrected chi connectivity index (χ3v) is 2.74. The summed E-state index contributed by atoms with van der Waals surface area (Å²) in [6.07, 6.45) is 2.39. The van der Waals surface area contributed by atoms with E-state index >= 15 is 0 Å². The molecule has 0 amide bonds. The normalized spacial score (nSPS) is 14.3. The van der Waals surface area contributed by atoms with Crippen LogP contribution < -0.4 is 10.1 Å². The second-order valence-corrected chi connectivity index (χ2v) is 4.28. The average molecular weight is 253 g/mol. The van der Waals surface area contributed by atoms with E-state index in [0.717, 1.165) is 5.56 Å². The van der Waals surface area contributed by atoms with Gasteiger partial charge in [0.05, 0.1) is 7.11 Å². The lowest BCUT2D eigenvalue weighted by Crippen LogP contribution is -2.16. The van der Waals surface area contributed by atoms with E-state index in [2.05, 4.69) is 10.1 Å². The van der Waals surface area contributed by atoms with Gasteiger partial charge in [-0.3, -0.25) is 0 Å². The first-order valence-electron chi connectivity index (χ1n) is 5.90. The van der Waals surface area contributed by atoms with Gasteiger partial charge in [-0.2, -0.15) is 0 Å². The Morgan fingerprint density at radius 2 is 2.28 bits per heavy atom. The first-order valence-corrected chi connectivity index (χ1v) is 5.90. The van der Waals surface area contributed by atoms with E-state index < -0.39 is 11.8 Å². The fraction of sp³-hybridized carbons (Fsp3) is 0.462. The number of ether oxygens (including phenoxy) is 2. The maximum atomic E-state index is 13.6. The number of rotatable bonds is 6. The van der Waals surface area contributed by atoms with Gasteiger partial charge in [-0.15, -0.1) is 0 Å². The van der Waals surface area contributed by atoms with Crippen molar-refractivity contribution in [3.63, 3.8) is 0 Å². The highest BCUT2D eigenvalue weighted by Gasteiger charge is 2.20. The largest absolute Gasteiger partial charge is 0.479 e. The predicted octanol–water partition coefficient (Wildman–Crippen LogP) is 1.63. The molecule has 5 heteroatoms. The summed E-state index contributed by atoms with van der Waals surface area (Å²) in [5, 5.41) is 3.30. The van der Waals surface area contributed by atoms with Crippen molar-refractivity contribution >= 4 is 5.97 Å². The van der Waals surface area contributed by atoms with Crippen LogP contribution in [-0.4, -0.2) is 25.7 Å². The highest BCUT2D eigenvalue weighted by Crippen LogP contribution is 2.21. The fourth-order valence-corrected chi connectivity index (χ4v) is 1.52. The molecule has 4 nitrogen and oxygen atoms in total. The van der Waals surface area contributed by atoms with Crippen molar-refractivity contribution in [3.05, 3.63) is 29.6 Å². The number of hydrogen-bond donors (Lipinski definition) is 1. The van der Waals surface area contributed by atoms with E-state index in [-0.39, 0.29) is 12.4 Å². The van der Waals surface area contributed by atoms with Gasteiger partial charge in [0.25, 0.3) is 0 Å². The van der Waals surface area contributed by atoms with Crippen LogP contribution in [0, 0.1) is 5.82 Å². The van der Waals surface area contributed by atoms with Gasteiger partial charge in [0.1, 0.15) is 0 Å². The van der Waals surface area contributed by atoms with E-state index in [1.165, 1.54) is 32.1 Å². The van der Waals surface area contributed by atoms with Gasteiger partial charge in [-0.25, -0.2) is 9.18 Å². The SMILES string of the molecule is COC(=O)COc1ccc(CNC2CC2)cc1F. The van der Waals surface area contributed by atoms with E-state index in [9.17, 15) is 9.18 Å². The van der Waals surface area contributed by atoms with Crippen LogP contribution in [0.1, 0.15) is 18.4 Å². The molecular weight excluding hydrogens is 237 g/mol. The smallest absolute Gasteiger partial charge is 0.343 e. The van der Waals surface area contributed by atoms with Crippen LogP contribution in [0.15, 0.2) is 18.2 Å². The van der Waals surface area contributed by atoms with Crippen molar-refractivity contribution < 1.29 is 18.7 Å². The summed E-state index contributed by atoms with van der Waals surface area (Å²) in [7, 11) is 1.26. The lowest BCUT2D eigenvalue weighted by Gasteiger charge is -2.08. The zero-order chi connectivity index (χ0) is 13.0. The lowest BCUT2D eigenvalue weighted by molar-refractivity contribution is -0.142. The topological polar surface area (TPSA) is 47.6 Å². The Morgan fingerprint density at radius 1 is 1.50 bits per heavy atom. The van der Waals surface area contributed by atoms with Crippen LogP contribution in [0.5, 0.6) is 5.75 Å². The van der Waals surface area contributed by atoms with Crippen LogP contribution in [0.2, 0.25) is 0 Å². The number of carbonyl (C=O) groups excluding carboxylic acids is 1. The molecule has 0 heterocycles. The molecule has 1 fully saturated rings. The summed E-state index contributed by atoms with van der Waals surface area (Å²) in [6, 6.07) is 5.32. The van der Waals surface area contributed by atoms with Crippen LogP contribution in [0.3, 0.4) is 0 Å². The molecule has 0 atom stereocenters. The van der Waals surface area contributed by atoms with Crippen molar-refractivity contribution in [1.82, 2.24) is 5.32 Å². The van der Waals surface area contributed by atoms with Crippen molar-refractivity contribution in [1.29, 1.82) is 0 Å². The minimum absolute atomic E-state index is 0.0653. The number of halogens is 1. The summed E-state index contributed by atoms with van der Waals surface area (Å²) >= 11 is 0. The molecule has 1 aromatic rings. The molecule has 0 saturated heterocycles. The molecule has 0 radical (unpaired) electrons. The monoisotopic (exact) mass is 253 g/mol. The van der Waals surface area contributed by atoms with Crippen molar-refractivity contribution in [2.45, 2.75) is 25.4 Å². The quantitative estimate of drug-likeness (QED) is 0.783. The molecular formula is C13H16FNO3. The van der Waals surface area contributed by atoms with Crippen molar-refractivity contribution in [2.75, 3.05) is 13.7 Å². The van der Waals surface area contributed by atoms with Crippen LogP contribution >= 0.6 is 0 Å². The van der Waals surface area contributed by atoms with Gasteiger partial charge in [-0.05, 0) is 30.5 Å². The van der Waals surface area contributed by atoms with E-state index in [1.807, 2.05) is 0 Å².